The summed E-state index contributed by atoms with van der Waals surface area (Å²) < 4.78 is 3.25. The summed E-state index contributed by atoms with van der Waals surface area (Å²) in [4.78, 5) is 18.5. The van der Waals surface area contributed by atoms with Gasteiger partial charge in [0, 0.05) is 0 Å². The molecular formula is C15H26O4Sn. The second-order valence-corrected chi connectivity index (χ2v) is 8.08. The number of unbranched alkanes of at least 4 members (excludes halogenated alkanes) is 2. The van der Waals surface area contributed by atoms with E-state index in [0.717, 1.165) is 12.2 Å². The second-order valence-electron chi connectivity index (χ2n) is 3.80. The van der Waals surface area contributed by atoms with E-state index in [9.17, 15) is 9.90 Å². The van der Waals surface area contributed by atoms with E-state index >= 15 is 0 Å². The van der Waals surface area contributed by atoms with E-state index in [1.165, 1.54) is 31.8 Å². The van der Waals surface area contributed by atoms with Crippen LogP contribution in [0.15, 0.2) is 24.8 Å². The van der Waals surface area contributed by atoms with E-state index in [2.05, 4.69) is 20.4 Å². The first-order valence-electron chi connectivity index (χ1n) is 6.83. The molecule has 5 heteroatoms. The zero-order valence-corrected chi connectivity index (χ0v) is 15.7. The predicted molar refractivity (Wildman–Crippen MR) is 80.2 cm³/mol. The van der Waals surface area contributed by atoms with Crippen LogP contribution in [-0.4, -0.2) is 33.1 Å². The summed E-state index contributed by atoms with van der Waals surface area (Å²) in [6, 6.07) is 0. The van der Waals surface area contributed by atoms with Gasteiger partial charge in [-0.1, -0.05) is 12.7 Å². The maximum absolute atomic E-state index is 9.40. The van der Waals surface area contributed by atoms with Gasteiger partial charge in [0.1, 0.15) is 0 Å². The number of aliphatic carboxylic acids is 2. The SMILES string of the molecule is C/C=C/C(=O)[O-].C=CC(=O)[O-].CCC[CH2][Sn+2][CH2]CCC. The van der Waals surface area contributed by atoms with Gasteiger partial charge >= 0.3 is 69.5 Å². The van der Waals surface area contributed by atoms with Gasteiger partial charge in [-0.15, -0.1) is 0 Å². The normalized spacial score (nSPS) is 8.55. The van der Waals surface area contributed by atoms with Gasteiger partial charge in [0.15, 0.2) is 0 Å². The van der Waals surface area contributed by atoms with Crippen molar-refractivity contribution in [2.24, 2.45) is 0 Å². The fraction of sp³-hybridized carbons (Fsp3) is 0.600. The Bertz CT molecular complexity index is 257. The van der Waals surface area contributed by atoms with E-state index in [1.54, 1.807) is 15.8 Å². The number of hydrogen-bond acceptors (Lipinski definition) is 4. The number of rotatable bonds is 8. The monoisotopic (exact) mass is 390 g/mol. The Hall–Kier alpha value is -0.781. The van der Waals surface area contributed by atoms with Crippen LogP contribution in [0.25, 0.3) is 0 Å². The van der Waals surface area contributed by atoms with Crippen molar-refractivity contribution in [2.75, 3.05) is 0 Å². The first-order valence-corrected chi connectivity index (χ1v) is 10.9. The number of carbonyl (C=O) groups excluding carboxylic acids is 2. The Morgan fingerprint density at radius 1 is 1.05 bits per heavy atom. The van der Waals surface area contributed by atoms with E-state index in [1.807, 2.05) is 0 Å². The zero-order chi connectivity index (χ0) is 16.2. The first-order chi connectivity index (χ1) is 9.45. The summed E-state index contributed by atoms with van der Waals surface area (Å²) in [6.07, 6.45) is 8.95. The molecule has 0 aliphatic rings. The van der Waals surface area contributed by atoms with E-state index in [4.69, 9.17) is 9.90 Å². The molecule has 0 fully saturated rings. The molecule has 20 heavy (non-hydrogen) atoms. The van der Waals surface area contributed by atoms with Crippen LogP contribution in [0.1, 0.15) is 46.5 Å². The molecular weight excluding hydrogens is 363 g/mol. The third-order valence-corrected chi connectivity index (χ3v) is 5.92. The van der Waals surface area contributed by atoms with Gasteiger partial charge in [0.25, 0.3) is 0 Å². The van der Waals surface area contributed by atoms with Crippen molar-refractivity contribution in [1.29, 1.82) is 0 Å². The molecule has 0 aliphatic carbocycles. The van der Waals surface area contributed by atoms with E-state index < -0.39 is 11.9 Å². The van der Waals surface area contributed by atoms with Crippen LogP contribution in [0.4, 0.5) is 0 Å². The van der Waals surface area contributed by atoms with Gasteiger partial charge in [-0.2, -0.15) is 0 Å². The average molecular weight is 389 g/mol. The molecule has 0 aromatic carbocycles. The summed E-state index contributed by atoms with van der Waals surface area (Å²) in [5.41, 5.74) is 0. The molecule has 0 radical (unpaired) electrons. The number of carbonyl (C=O) groups is 2. The molecule has 0 amide bonds. The molecule has 0 saturated carbocycles. The van der Waals surface area contributed by atoms with Crippen molar-refractivity contribution in [1.82, 2.24) is 0 Å². The molecule has 0 unspecified atom stereocenters. The number of allylic oxidation sites excluding steroid dienone is 1. The average Bonchev–Trinajstić information content (AvgIpc) is 2.40. The molecule has 0 spiro atoms. The molecule has 0 N–H and O–H groups in total. The third-order valence-electron chi connectivity index (χ3n) is 1.88. The van der Waals surface area contributed by atoms with E-state index in [0.29, 0.717) is 0 Å². The number of hydrogen-bond donors (Lipinski definition) is 0. The van der Waals surface area contributed by atoms with Crippen LogP contribution in [0.2, 0.25) is 8.87 Å². The van der Waals surface area contributed by atoms with Crippen molar-refractivity contribution in [3.05, 3.63) is 24.8 Å². The summed E-state index contributed by atoms with van der Waals surface area (Å²) in [5, 5.41) is 18.5. The van der Waals surface area contributed by atoms with Crippen LogP contribution >= 0.6 is 0 Å². The van der Waals surface area contributed by atoms with Gasteiger partial charge in [0.2, 0.25) is 0 Å². The third kappa shape index (κ3) is 43.4. The maximum atomic E-state index is 9.40. The minimum absolute atomic E-state index is 0.149. The molecule has 0 saturated heterocycles. The van der Waals surface area contributed by atoms with Crippen LogP contribution in [0, 0.1) is 0 Å². The van der Waals surface area contributed by atoms with Gasteiger partial charge < -0.3 is 19.8 Å². The molecule has 0 atom stereocenters. The van der Waals surface area contributed by atoms with Crippen molar-refractivity contribution in [3.8, 4) is 0 Å². The molecule has 114 valence electrons. The molecule has 0 bridgehead atoms. The Labute approximate surface area is 133 Å². The summed E-state index contributed by atoms with van der Waals surface area (Å²) >= 11 is 0.149. The topological polar surface area (TPSA) is 80.3 Å². The first kappa shape index (κ1) is 24.3. The zero-order valence-electron chi connectivity index (χ0n) is 12.8. The van der Waals surface area contributed by atoms with Gasteiger partial charge in [-0.25, -0.2) is 0 Å². The molecule has 0 aromatic rings. The fourth-order valence-electron chi connectivity index (χ4n) is 0.865. The standard InChI is InChI=1S/C4H6O2.2C4H9.C3H4O2.Sn/c1-2-3-4(5)6;2*1-3-4-2;1-2-3(4)5;/h2-3H,1H3,(H,5,6);2*1,3-4H2,2H3;2H,1H2,(H,4,5);/q;;;;+2/p-2/b3-2+;;;;. The quantitative estimate of drug-likeness (QED) is 0.357. The van der Waals surface area contributed by atoms with E-state index in [-0.39, 0.29) is 21.1 Å². The Kier molecular flexibility index (Phi) is 28.3. The van der Waals surface area contributed by atoms with Crippen molar-refractivity contribution < 1.29 is 19.8 Å². The van der Waals surface area contributed by atoms with Crippen LogP contribution in [0.5, 0.6) is 0 Å². The molecule has 0 aliphatic heterocycles. The Morgan fingerprint density at radius 3 is 1.60 bits per heavy atom. The Balaban J connectivity index is -0.000000230. The fourth-order valence-corrected chi connectivity index (χ4v) is 5.02. The van der Waals surface area contributed by atoms with Gasteiger partial charge in [0.05, 0.1) is 11.9 Å². The van der Waals surface area contributed by atoms with Gasteiger partial charge in [-0.05, 0) is 19.1 Å². The van der Waals surface area contributed by atoms with Crippen LogP contribution in [0.3, 0.4) is 0 Å². The van der Waals surface area contributed by atoms with Crippen molar-refractivity contribution in [3.63, 3.8) is 0 Å². The van der Waals surface area contributed by atoms with Crippen LogP contribution < -0.4 is 10.2 Å². The molecule has 4 nitrogen and oxygen atoms in total. The molecule has 0 aromatic heterocycles. The summed E-state index contributed by atoms with van der Waals surface area (Å²) in [6.45, 7) is 9.10. The van der Waals surface area contributed by atoms with Crippen LogP contribution in [-0.2, 0) is 9.59 Å². The van der Waals surface area contributed by atoms with Crippen molar-refractivity contribution in [2.45, 2.75) is 55.3 Å². The van der Waals surface area contributed by atoms with Gasteiger partial charge in [-0.3, -0.25) is 0 Å². The number of carboxylic acid groups (broad SMARTS) is 2. The molecule has 0 rings (SSSR count). The summed E-state index contributed by atoms with van der Waals surface area (Å²) in [7, 11) is 0. The Morgan fingerprint density at radius 2 is 1.45 bits per heavy atom. The second kappa shape index (κ2) is 23.3. The predicted octanol–water partition coefficient (Wildman–Crippen LogP) is 1.36. The molecule has 0 heterocycles. The number of carboxylic acids is 2. The minimum atomic E-state index is -1.23. The summed E-state index contributed by atoms with van der Waals surface area (Å²) in [5.74, 6) is -2.37. The van der Waals surface area contributed by atoms with Crippen molar-refractivity contribution >= 4 is 33.1 Å².